The maximum atomic E-state index is 14.1. The molecule has 0 bridgehead atoms. The number of nitrogens with one attached hydrogen (secondary N) is 1. The molecular formula is C16H20FN3O. The average Bonchev–Trinajstić information content (AvgIpc) is 3.23. The van der Waals surface area contributed by atoms with Crippen LogP contribution in [-0.2, 0) is 13.1 Å². The zero-order chi connectivity index (χ0) is 14.8. The predicted molar refractivity (Wildman–Crippen MR) is 78.9 cm³/mol. The molecule has 0 spiro atoms. The maximum absolute atomic E-state index is 14.1. The summed E-state index contributed by atoms with van der Waals surface area (Å²) in [5, 5.41) is 7.94. The largest absolute Gasteiger partial charge is 0.494 e. The molecule has 21 heavy (non-hydrogen) atoms. The second-order valence-corrected chi connectivity index (χ2v) is 5.53. The van der Waals surface area contributed by atoms with E-state index in [2.05, 4.69) is 10.4 Å². The van der Waals surface area contributed by atoms with Gasteiger partial charge in [0.2, 0.25) is 0 Å². The van der Waals surface area contributed by atoms with Crippen LogP contribution in [0.25, 0.3) is 0 Å². The second-order valence-electron chi connectivity index (χ2n) is 5.53. The molecule has 5 heteroatoms. The van der Waals surface area contributed by atoms with Crippen molar-refractivity contribution >= 4 is 0 Å². The molecule has 4 nitrogen and oxygen atoms in total. The minimum atomic E-state index is -0.314. The Morgan fingerprint density at radius 3 is 2.90 bits per heavy atom. The standard InChI is InChI=1S/C16H20FN3O/c1-11-13(8-18-14-6-7-14)10-20(19-11)9-12-4-3-5-15(21-2)16(12)17/h3-5,10,14,18H,6-9H2,1-2H3. The van der Waals surface area contributed by atoms with E-state index in [1.54, 1.807) is 22.9 Å². The fraction of sp³-hybridized carbons (Fsp3) is 0.438. The Balaban J connectivity index is 1.73. The molecule has 1 fully saturated rings. The second kappa shape index (κ2) is 5.85. The monoisotopic (exact) mass is 289 g/mol. The molecule has 1 aliphatic rings. The normalized spacial score (nSPS) is 14.4. The van der Waals surface area contributed by atoms with Crippen LogP contribution in [0.5, 0.6) is 5.75 Å². The molecule has 3 rings (SSSR count). The number of aromatic nitrogens is 2. The zero-order valence-corrected chi connectivity index (χ0v) is 12.4. The lowest BCUT2D eigenvalue weighted by atomic mass is 10.2. The number of methoxy groups -OCH3 is 1. The third-order valence-corrected chi connectivity index (χ3v) is 3.80. The minimum Gasteiger partial charge on any atom is -0.494 e. The Bertz CT molecular complexity index is 634. The molecule has 0 amide bonds. The van der Waals surface area contributed by atoms with Crippen LogP contribution in [-0.4, -0.2) is 22.9 Å². The molecule has 112 valence electrons. The first-order valence-electron chi connectivity index (χ1n) is 7.25. The van der Waals surface area contributed by atoms with Crippen LogP contribution in [0.15, 0.2) is 24.4 Å². The van der Waals surface area contributed by atoms with E-state index in [-0.39, 0.29) is 11.6 Å². The number of halogens is 1. The first-order valence-corrected chi connectivity index (χ1v) is 7.25. The van der Waals surface area contributed by atoms with E-state index in [4.69, 9.17) is 4.74 Å². The van der Waals surface area contributed by atoms with Gasteiger partial charge in [-0.2, -0.15) is 5.10 Å². The van der Waals surface area contributed by atoms with Crippen molar-refractivity contribution in [3.05, 3.63) is 47.0 Å². The van der Waals surface area contributed by atoms with Crippen molar-refractivity contribution in [2.45, 2.75) is 38.9 Å². The molecule has 1 aromatic heterocycles. The molecule has 1 aliphatic carbocycles. The van der Waals surface area contributed by atoms with Crippen molar-refractivity contribution in [2.75, 3.05) is 7.11 Å². The Labute approximate surface area is 123 Å². The molecule has 0 unspecified atom stereocenters. The van der Waals surface area contributed by atoms with Crippen molar-refractivity contribution in [3.63, 3.8) is 0 Å². The van der Waals surface area contributed by atoms with Gasteiger partial charge in [0.15, 0.2) is 11.6 Å². The van der Waals surface area contributed by atoms with Crippen molar-refractivity contribution in [2.24, 2.45) is 0 Å². The lowest BCUT2D eigenvalue weighted by molar-refractivity contribution is 0.383. The van der Waals surface area contributed by atoms with Gasteiger partial charge in [0.05, 0.1) is 19.3 Å². The van der Waals surface area contributed by atoms with Crippen LogP contribution in [0.1, 0.15) is 29.7 Å². The first-order chi connectivity index (χ1) is 10.2. The van der Waals surface area contributed by atoms with Gasteiger partial charge in [0.25, 0.3) is 0 Å². The summed E-state index contributed by atoms with van der Waals surface area (Å²) in [6.07, 6.45) is 4.52. The number of benzene rings is 1. The molecule has 0 radical (unpaired) electrons. The summed E-state index contributed by atoms with van der Waals surface area (Å²) in [6, 6.07) is 5.85. The maximum Gasteiger partial charge on any atom is 0.170 e. The fourth-order valence-corrected chi connectivity index (χ4v) is 2.37. The molecule has 0 aliphatic heterocycles. The Morgan fingerprint density at radius 2 is 2.19 bits per heavy atom. The van der Waals surface area contributed by atoms with Crippen molar-refractivity contribution < 1.29 is 9.13 Å². The van der Waals surface area contributed by atoms with Crippen LogP contribution in [0, 0.1) is 12.7 Å². The first kappa shape index (κ1) is 14.1. The van der Waals surface area contributed by atoms with Crippen LogP contribution in [0.3, 0.4) is 0 Å². The zero-order valence-electron chi connectivity index (χ0n) is 12.4. The smallest absolute Gasteiger partial charge is 0.170 e. The molecular weight excluding hydrogens is 269 g/mol. The van der Waals surface area contributed by atoms with E-state index in [9.17, 15) is 4.39 Å². The van der Waals surface area contributed by atoms with Gasteiger partial charge in [-0.15, -0.1) is 0 Å². The van der Waals surface area contributed by atoms with E-state index in [1.165, 1.54) is 25.5 Å². The van der Waals surface area contributed by atoms with Crippen molar-refractivity contribution in [3.8, 4) is 5.75 Å². The van der Waals surface area contributed by atoms with Crippen molar-refractivity contribution in [1.29, 1.82) is 0 Å². The summed E-state index contributed by atoms with van der Waals surface area (Å²) < 4.78 is 20.9. The average molecular weight is 289 g/mol. The summed E-state index contributed by atoms with van der Waals surface area (Å²) in [5.41, 5.74) is 2.75. The summed E-state index contributed by atoms with van der Waals surface area (Å²) in [4.78, 5) is 0. The Hall–Kier alpha value is -1.88. The summed E-state index contributed by atoms with van der Waals surface area (Å²) in [7, 11) is 1.47. The lowest BCUT2D eigenvalue weighted by Crippen LogP contribution is -2.15. The minimum absolute atomic E-state index is 0.270. The van der Waals surface area contributed by atoms with E-state index >= 15 is 0 Å². The van der Waals surface area contributed by atoms with E-state index in [0.29, 0.717) is 18.2 Å². The molecule has 2 aromatic rings. The predicted octanol–water partition coefficient (Wildman–Crippen LogP) is 2.64. The van der Waals surface area contributed by atoms with E-state index in [0.717, 1.165) is 12.2 Å². The van der Waals surface area contributed by atoms with Crippen LogP contribution < -0.4 is 10.1 Å². The Kier molecular flexibility index (Phi) is 3.92. The number of aryl methyl sites for hydroxylation is 1. The molecule has 1 N–H and O–H groups in total. The number of hydrogen-bond donors (Lipinski definition) is 1. The summed E-state index contributed by atoms with van der Waals surface area (Å²) in [5.74, 6) is -0.0437. The number of rotatable bonds is 6. The highest BCUT2D eigenvalue weighted by Crippen LogP contribution is 2.22. The lowest BCUT2D eigenvalue weighted by Gasteiger charge is -2.07. The highest BCUT2D eigenvalue weighted by atomic mass is 19.1. The topological polar surface area (TPSA) is 39.1 Å². The molecule has 1 aromatic carbocycles. The van der Waals surface area contributed by atoms with Gasteiger partial charge in [-0.05, 0) is 25.8 Å². The SMILES string of the molecule is COc1cccc(Cn2cc(CNC3CC3)c(C)n2)c1F. The number of hydrogen-bond acceptors (Lipinski definition) is 3. The third-order valence-electron chi connectivity index (χ3n) is 3.80. The van der Waals surface area contributed by atoms with Crippen molar-refractivity contribution in [1.82, 2.24) is 15.1 Å². The van der Waals surface area contributed by atoms with E-state index in [1.807, 2.05) is 13.1 Å². The van der Waals surface area contributed by atoms with Gasteiger partial charge >= 0.3 is 0 Å². The Morgan fingerprint density at radius 1 is 1.38 bits per heavy atom. The van der Waals surface area contributed by atoms with Crippen LogP contribution in [0.4, 0.5) is 4.39 Å². The molecule has 1 saturated carbocycles. The molecule has 0 atom stereocenters. The van der Waals surface area contributed by atoms with E-state index < -0.39 is 0 Å². The highest BCUT2D eigenvalue weighted by molar-refractivity contribution is 5.31. The van der Waals surface area contributed by atoms with Crippen LogP contribution >= 0.6 is 0 Å². The molecule has 0 saturated heterocycles. The van der Waals surface area contributed by atoms with Crippen LogP contribution in [0.2, 0.25) is 0 Å². The van der Waals surface area contributed by atoms with Gasteiger partial charge in [-0.25, -0.2) is 4.39 Å². The summed E-state index contributed by atoms with van der Waals surface area (Å²) in [6.45, 7) is 3.23. The third kappa shape index (κ3) is 3.24. The van der Waals surface area contributed by atoms with Gasteiger partial charge in [-0.3, -0.25) is 4.68 Å². The number of nitrogens with zero attached hydrogens (tertiary/aromatic N) is 2. The van der Waals surface area contributed by atoms with Gasteiger partial charge in [0.1, 0.15) is 0 Å². The van der Waals surface area contributed by atoms with Gasteiger partial charge in [0, 0.05) is 29.9 Å². The number of ether oxygens (including phenoxy) is 1. The van der Waals surface area contributed by atoms with Gasteiger partial charge < -0.3 is 10.1 Å². The molecule has 1 heterocycles. The highest BCUT2D eigenvalue weighted by Gasteiger charge is 2.20. The summed E-state index contributed by atoms with van der Waals surface area (Å²) >= 11 is 0. The fourth-order valence-electron chi connectivity index (χ4n) is 2.37. The quantitative estimate of drug-likeness (QED) is 0.888. The van der Waals surface area contributed by atoms with Gasteiger partial charge in [-0.1, -0.05) is 12.1 Å².